The largest absolute Gasteiger partial charge is 0.392 e. The molecule has 3 heterocycles. The highest BCUT2D eigenvalue weighted by molar-refractivity contribution is 5.01. The molecule has 2 saturated heterocycles. The Morgan fingerprint density at radius 3 is 2.82 bits per heavy atom. The van der Waals surface area contributed by atoms with Crippen molar-refractivity contribution in [1.29, 1.82) is 0 Å². The van der Waals surface area contributed by atoms with E-state index in [2.05, 4.69) is 15.5 Å². The third kappa shape index (κ3) is 2.34. The molecular weight excluding hydrogens is 222 g/mol. The summed E-state index contributed by atoms with van der Waals surface area (Å²) in [5.74, 6) is 1.74. The Morgan fingerprint density at radius 1 is 1.29 bits per heavy atom. The van der Waals surface area contributed by atoms with Crippen molar-refractivity contribution in [3.8, 4) is 0 Å². The Hall–Kier alpha value is -0.980. The molecule has 6 heteroatoms. The number of nitrogens with one attached hydrogen (secondary N) is 1. The third-order valence-corrected chi connectivity index (χ3v) is 3.45. The number of hydrogen-bond donors (Lipinski definition) is 2. The standard InChI is InChI=1S/C11H17N3O3/c15-8-5-9(12-6-8)11-13-10(14-17-11)7-1-3-16-4-2-7/h7-9,12,15H,1-6H2/t8-,9+/m1/s1. The molecule has 3 rings (SSSR count). The average molecular weight is 239 g/mol. The minimum atomic E-state index is -0.307. The van der Waals surface area contributed by atoms with Gasteiger partial charge in [-0.3, -0.25) is 0 Å². The Balaban J connectivity index is 1.69. The number of aliphatic hydroxyl groups is 1. The zero-order valence-electron chi connectivity index (χ0n) is 9.63. The molecule has 1 aromatic heterocycles. The summed E-state index contributed by atoms with van der Waals surface area (Å²) >= 11 is 0. The third-order valence-electron chi connectivity index (χ3n) is 3.45. The molecule has 0 unspecified atom stereocenters. The monoisotopic (exact) mass is 239 g/mol. The first-order chi connectivity index (χ1) is 8.33. The molecule has 94 valence electrons. The number of aliphatic hydroxyl groups excluding tert-OH is 1. The van der Waals surface area contributed by atoms with E-state index < -0.39 is 0 Å². The van der Waals surface area contributed by atoms with Gasteiger partial charge >= 0.3 is 0 Å². The molecule has 0 aromatic carbocycles. The topological polar surface area (TPSA) is 80.4 Å². The van der Waals surface area contributed by atoms with Crippen molar-refractivity contribution in [1.82, 2.24) is 15.5 Å². The lowest BCUT2D eigenvalue weighted by atomic mass is 10.00. The Morgan fingerprint density at radius 2 is 2.12 bits per heavy atom. The van der Waals surface area contributed by atoms with Gasteiger partial charge in [-0.1, -0.05) is 5.16 Å². The predicted molar refractivity (Wildman–Crippen MR) is 58.5 cm³/mol. The number of aromatic nitrogens is 2. The lowest BCUT2D eigenvalue weighted by Crippen LogP contribution is -2.16. The minimum Gasteiger partial charge on any atom is -0.392 e. The van der Waals surface area contributed by atoms with E-state index in [-0.39, 0.29) is 12.1 Å². The fraction of sp³-hybridized carbons (Fsp3) is 0.818. The van der Waals surface area contributed by atoms with Gasteiger partial charge in [-0.05, 0) is 19.3 Å². The number of rotatable bonds is 2. The van der Waals surface area contributed by atoms with Crippen LogP contribution in [0.3, 0.4) is 0 Å². The molecule has 0 amide bonds. The van der Waals surface area contributed by atoms with Gasteiger partial charge in [0.2, 0.25) is 5.89 Å². The smallest absolute Gasteiger partial charge is 0.243 e. The number of nitrogens with zero attached hydrogens (tertiary/aromatic N) is 2. The van der Waals surface area contributed by atoms with Crippen LogP contribution in [0.2, 0.25) is 0 Å². The van der Waals surface area contributed by atoms with Crippen molar-refractivity contribution in [3.63, 3.8) is 0 Å². The van der Waals surface area contributed by atoms with E-state index in [9.17, 15) is 5.11 Å². The highest BCUT2D eigenvalue weighted by Crippen LogP contribution is 2.27. The fourth-order valence-corrected chi connectivity index (χ4v) is 2.42. The summed E-state index contributed by atoms with van der Waals surface area (Å²) < 4.78 is 10.6. The van der Waals surface area contributed by atoms with Gasteiger partial charge in [-0.25, -0.2) is 0 Å². The normalized spacial score (nSPS) is 30.9. The van der Waals surface area contributed by atoms with E-state index in [1.165, 1.54) is 0 Å². The molecule has 1 aromatic rings. The molecule has 0 saturated carbocycles. The van der Waals surface area contributed by atoms with Crippen molar-refractivity contribution < 1.29 is 14.4 Å². The van der Waals surface area contributed by atoms with Crippen molar-refractivity contribution in [2.24, 2.45) is 0 Å². The maximum Gasteiger partial charge on any atom is 0.243 e. The van der Waals surface area contributed by atoms with Crippen LogP contribution in [0.25, 0.3) is 0 Å². The van der Waals surface area contributed by atoms with Gasteiger partial charge in [0.15, 0.2) is 5.82 Å². The van der Waals surface area contributed by atoms with Crippen LogP contribution >= 0.6 is 0 Å². The zero-order valence-corrected chi connectivity index (χ0v) is 9.63. The maximum atomic E-state index is 9.45. The Kier molecular flexibility index (Phi) is 3.09. The molecule has 0 bridgehead atoms. The van der Waals surface area contributed by atoms with E-state index in [0.717, 1.165) is 31.9 Å². The highest BCUT2D eigenvalue weighted by atomic mass is 16.5. The van der Waals surface area contributed by atoms with Gasteiger partial charge in [-0.15, -0.1) is 0 Å². The van der Waals surface area contributed by atoms with Gasteiger partial charge in [0.1, 0.15) is 0 Å². The van der Waals surface area contributed by atoms with Crippen LogP contribution in [0.1, 0.15) is 42.9 Å². The predicted octanol–water partition coefficient (Wildman–Crippen LogP) is 0.359. The molecule has 0 aliphatic carbocycles. The maximum absolute atomic E-state index is 9.45. The summed E-state index contributed by atoms with van der Waals surface area (Å²) in [5, 5.41) is 16.7. The molecular formula is C11H17N3O3. The molecule has 2 atom stereocenters. The van der Waals surface area contributed by atoms with E-state index in [1.807, 2.05) is 0 Å². The summed E-state index contributed by atoms with van der Waals surface area (Å²) in [5.41, 5.74) is 0. The average Bonchev–Trinajstić information content (AvgIpc) is 2.98. The molecule has 17 heavy (non-hydrogen) atoms. The second kappa shape index (κ2) is 4.72. The van der Waals surface area contributed by atoms with Crippen molar-refractivity contribution in [2.45, 2.75) is 37.3 Å². The number of ether oxygens (including phenoxy) is 1. The number of hydrogen-bond acceptors (Lipinski definition) is 6. The summed E-state index contributed by atoms with van der Waals surface area (Å²) in [6.07, 6.45) is 2.26. The molecule has 2 aliphatic heterocycles. The van der Waals surface area contributed by atoms with Gasteiger partial charge in [0.25, 0.3) is 0 Å². The van der Waals surface area contributed by atoms with Crippen LogP contribution in [0.5, 0.6) is 0 Å². The highest BCUT2D eigenvalue weighted by Gasteiger charge is 2.29. The van der Waals surface area contributed by atoms with Gasteiger partial charge in [0.05, 0.1) is 12.1 Å². The first-order valence-corrected chi connectivity index (χ1v) is 6.15. The first kappa shape index (κ1) is 11.1. The fourth-order valence-electron chi connectivity index (χ4n) is 2.42. The van der Waals surface area contributed by atoms with Crippen LogP contribution in [0, 0.1) is 0 Å². The van der Waals surface area contributed by atoms with Crippen LogP contribution in [0.4, 0.5) is 0 Å². The summed E-state index contributed by atoms with van der Waals surface area (Å²) in [4.78, 5) is 4.44. The zero-order chi connectivity index (χ0) is 11.7. The van der Waals surface area contributed by atoms with Crippen LogP contribution in [-0.4, -0.2) is 41.1 Å². The van der Waals surface area contributed by atoms with E-state index in [0.29, 0.717) is 24.8 Å². The summed E-state index contributed by atoms with van der Waals surface area (Å²) in [6, 6.07) is 0.00564. The molecule has 0 spiro atoms. The first-order valence-electron chi connectivity index (χ1n) is 6.15. The Bertz CT molecular complexity index is 357. The lowest BCUT2D eigenvalue weighted by Gasteiger charge is -2.18. The molecule has 6 nitrogen and oxygen atoms in total. The van der Waals surface area contributed by atoms with Crippen molar-refractivity contribution >= 4 is 0 Å². The second-order valence-electron chi connectivity index (χ2n) is 4.73. The SMILES string of the molecule is O[C@H]1CN[C@H](c2nc(C3CCOCC3)no2)C1. The quantitative estimate of drug-likeness (QED) is 0.775. The second-order valence-corrected chi connectivity index (χ2v) is 4.73. The van der Waals surface area contributed by atoms with Crippen molar-refractivity contribution in [2.75, 3.05) is 19.8 Å². The van der Waals surface area contributed by atoms with Crippen LogP contribution < -0.4 is 5.32 Å². The van der Waals surface area contributed by atoms with Gasteiger partial charge < -0.3 is 19.7 Å². The molecule has 2 aliphatic rings. The van der Waals surface area contributed by atoms with E-state index >= 15 is 0 Å². The molecule has 0 radical (unpaired) electrons. The van der Waals surface area contributed by atoms with Gasteiger partial charge in [-0.2, -0.15) is 4.98 Å². The lowest BCUT2D eigenvalue weighted by molar-refractivity contribution is 0.0830. The van der Waals surface area contributed by atoms with Crippen LogP contribution in [0.15, 0.2) is 4.52 Å². The van der Waals surface area contributed by atoms with Gasteiger partial charge in [0, 0.05) is 25.7 Å². The minimum absolute atomic E-state index is 0.00564. The van der Waals surface area contributed by atoms with Crippen molar-refractivity contribution in [3.05, 3.63) is 11.7 Å². The molecule has 2 fully saturated rings. The summed E-state index contributed by atoms with van der Waals surface area (Å²) in [7, 11) is 0. The molecule has 2 N–H and O–H groups in total. The Labute approximate surface area is 99.3 Å². The number of β-amino-alcohol motifs (C(OH)–C–C–N with tert-alkyl or cyclic N) is 1. The van der Waals surface area contributed by atoms with E-state index in [1.54, 1.807) is 0 Å². The van der Waals surface area contributed by atoms with Crippen LogP contribution in [-0.2, 0) is 4.74 Å². The summed E-state index contributed by atoms with van der Waals surface area (Å²) in [6.45, 7) is 2.14. The van der Waals surface area contributed by atoms with E-state index in [4.69, 9.17) is 9.26 Å².